The Bertz CT molecular complexity index is 173. The lowest BCUT2D eigenvalue weighted by Crippen LogP contribution is -2.48. The molecule has 0 radical (unpaired) electrons. The Labute approximate surface area is 101 Å². The fourth-order valence-corrected chi connectivity index (χ4v) is 1.95. The van der Waals surface area contributed by atoms with Gasteiger partial charge in [0.05, 0.1) is 6.61 Å². The zero-order chi connectivity index (χ0) is 12.6. The van der Waals surface area contributed by atoms with Gasteiger partial charge in [0.1, 0.15) is 0 Å². The highest BCUT2D eigenvalue weighted by atomic mass is 16.3. The van der Waals surface area contributed by atoms with Crippen LogP contribution in [-0.2, 0) is 0 Å². The molecule has 0 saturated heterocycles. The molecule has 3 nitrogen and oxygen atoms in total. The summed E-state index contributed by atoms with van der Waals surface area (Å²) in [6.07, 6.45) is 0.998. The topological polar surface area (TPSA) is 35.5 Å². The highest BCUT2D eigenvalue weighted by Crippen LogP contribution is 2.10. The van der Waals surface area contributed by atoms with Crippen molar-refractivity contribution in [2.24, 2.45) is 5.92 Å². The standard InChI is InChI=1S/C13H30N2O/c1-6-14-13(5,11-16)8-9-15(7-2)10-12(3)4/h12,14,16H,6-11H2,1-5H3. The van der Waals surface area contributed by atoms with E-state index in [9.17, 15) is 5.11 Å². The minimum absolute atomic E-state index is 0.126. The maximum absolute atomic E-state index is 9.40. The molecular weight excluding hydrogens is 200 g/mol. The van der Waals surface area contributed by atoms with Gasteiger partial charge in [0.2, 0.25) is 0 Å². The molecule has 1 unspecified atom stereocenters. The Morgan fingerprint density at radius 3 is 2.31 bits per heavy atom. The molecule has 0 heterocycles. The van der Waals surface area contributed by atoms with Crippen LogP contribution in [0.4, 0.5) is 0 Å². The molecule has 0 aliphatic carbocycles. The van der Waals surface area contributed by atoms with E-state index in [1.807, 2.05) is 0 Å². The number of aliphatic hydroxyl groups excluding tert-OH is 1. The Hall–Kier alpha value is -0.120. The van der Waals surface area contributed by atoms with Crippen LogP contribution in [0.25, 0.3) is 0 Å². The lowest BCUT2D eigenvalue weighted by Gasteiger charge is -2.32. The minimum atomic E-state index is -0.126. The lowest BCUT2D eigenvalue weighted by molar-refractivity contribution is 0.144. The lowest BCUT2D eigenvalue weighted by atomic mass is 9.98. The van der Waals surface area contributed by atoms with Crippen molar-refractivity contribution in [2.75, 3.05) is 32.8 Å². The van der Waals surface area contributed by atoms with Crippen molar-refractivity contribution in [1.29, 1.82) is 0 Å². The first-order valence-electron chi connectivity index (χ1n) is 6.55. The van der Waals surface area contributed by atoms with Gasteiger partial charge in [-0.1, -0.05) is 27.7 Å². The van der Waals surface area contributed by atoms with Gasteiger partial charge in [0.25, 0.3) is 0 Å². The molecule has 0 fully saturated rings. The summed E-state index contributed by atoms with van der Waals surface area (Å²) in [7, 11) is 0. The van der Waals surface area contributed by atoms with Crippen LogP contribution in [0.2, 0.25) is 0 Å². The Morgan fingerprint density at radius 2 is 1.94 bits per heavy atom. The normalized spacial score (nSPS) is 15.8. The molecule has 0 aliphatic heterocycles. The van der Waals surface area contributed by atoms with Crippen LogP contribution in [0.1, 0.15) is 41.0 Å². The van der Waals surface area contributed by atoms with Crippen LogP contribution in [0.15, 0.2) is 0 Å². The summed E-state index contributed by atoms with van der Waals surface area (Å²) in [5.41, 5.74) is -0.126. The molecule has 0 aromatic rings. The van der Waals surface area contributed by atoms with Crippen molar-refractivity contribution in [3.8, 4) is 0 Å². The smallest absolute Gasteiger partial charge is 0.0611 e. The van der Waals surface area contributed by atoms with Gasteiger partial charge in [-0.2, -0.15) is 0 Å². The van der Waals surface area contributed by atoms with E-state index < -0.39 is 0 Å². The van der Waals surface area contributed by atoms with Gasteiger partial charge in [-0.3, -0.25) is 0 Å². The van der Waals surface area contributed by atoms with E-state index in [-0.39, 0.29) is 12.1 Å². The van der Waals surface area contributed by atoms with Crippen LogP contribution in [0.3, 0.4) is 0 Å². The molecule has 0 aromatic carbocycles. The van der Waals surface area contributed by atoms with Gasteiger partial charge < -0.3 is 15.3 Å². The molecule has 0 bridgehead atoms. The van der Waals surface area contributed by atoms with E-state index in [1.165, 1.54) is 0 Å². The molecule has 0 aromatic heterocycles. The average Bonchev–Trinajstić information content (AvgIpc) is 2.24. The zero-order valence-corrected chi connectivity index (χ0v) is 11.7. The van der Waals surface area contributed by atoms with E-state index in [0.717, 1.165) is 32.6 Å². The van der Waals surface area contributed by atoms with Gasteiger partial charge >= 0.3 is 0 Å². The number of nitrogens with zero attached hydrogens (tertiary/aromatic N) is 1. The van der Waals surface area contributed by atoms with E-state index in [4.69, 9.17) is 0 Å². The summed E-state index contributed by atoms with van der Waals surface area (Å²) in [4.78, 5) is 2.45. The third kappa shape index (κ3) is 6.46. The molecular formula is C13H30N2O. The Balaban J connectivity index is 4.06. The molecule has 0 rings (SSSR count). The number of likely N-dealkylation sites (N-methyl/N-ethyl adjacent to an activating group) is 1. The number of aliphatic hydroxyl groups is 1. The molecule has 0 aliphatic rings. The fourth-order valence-electron chi connectivity index (χ4n) is 1.95. The van der Waals surface area contributed by atoms with Crippen molar-refractivity contribution >= 4 is 0 Å². The minimum Gasteiger partial charge on any atom is -0.394 e. The first-order valence-corrected chi connectivity index (χ1v) is 6.55. The SMILES string of the molecule is CCNC(C)(CO)CCN(CC)CC(C)C. The highest BCUT2D eigenvalue weighted by molar-refractivity contribution is 4.82. The molecule has 3 heteroatoms. The van der Waals surface area contributed by atoms with Crippen LogP contribution >= 0.6 is 0 Å². The van der Waals surface area contributed by atoms with Crippen LogP contribution < -0.4 is 5.32 Å². The second-order valence-electron chi connectivity index (χ2n) is 5.29. The maximum Gasteiger partial charge on any atom is 0.0611 e. The molecule has 16 heavy (non-hydrogen) atoms. The largest absolute Gasteiger partial charge is 0.394 e. The van der Waals surface area contributed by atoms with Gasteiger partial charge in [-0.05, 0) is 38.9 Å². The second kappa shape index (κ2) is 8.04. The van der Waals surface area contributed by atoms with Crippen molar-refractivity contribution in [3.05, 3.63) is 0 Å². The number of nitrogens with one attached hydrogen (secondary N) is 1. The predicted molar refractivity (Wildman–Crippen MR) is 70.7 cm³/mol. The van der Waals surface area contributed by atoms with E-state index in [0.29, 0.717) is 5.92 Å². The molecule has 0 amide bonds. The van der Waals surface area contributed by atoms with Crippen molar-refractivity contribution in [1.82, 2.24) is 10.2 Å². The maximum atomic E-state index is 9.40. The third-order valence-corrected chi connectivity index (χ3v) is 3.00. The predicted octanol–water partition coefficient (Wildman–Crippen LogP) is 1.71. The monoisotopic (exact) mass is 230 g/mol. The Morgan fingerprint density at radius 1 is 1.31 bits per heavy atom. The van der Waals surface area contributed by atoms with Crippen molar-refractivity contribution < 1.29 is 5.11 Å². The second-order valence-corrected chi connectivity index (χ2v) is 5.29. The zero-order valence-electron chi connectivity index (χ0n) is 11.7. The quantitative estimate of drug-likeness (QED) is 0.633. The first kappa shape index (κ1) is 15.9. The van der Waals surface area contributed by atoms with E-state index in [2.05, 4.69) is 44.8 Å². The van der Waals surface area contributed by atoms with Gasteiger partial charge in [-0.25, -0.2) is 0 Å². The van der Waals surface area contributed by atoms with Gasteiger partial charge in [0, 0.05) is 12.1 Å². The Kier molecular flexibility index (Phi) is 7.98. The van der Waals surface area contributed by atoms with Crippen LogP contribution in [0.5, 0.6) is 0 Å². The summed E-state index contributed by atoms with van der Waals surface area (Å²) in [6, 6.07) is 0. The average molecular weight is 230 g/mol. The molecule has 1 atom stereocenters. The number of rotatable bonds is 9. The summed E-state index contributed by atoms with van der Waals surface area (Å²) < 4.78 is 0. The van der Waals surface area contributed by atoms with Crippen LogP contribution in [0, 0.1) is 5.92 Å². The van der Waals surface area contributed by atoms with Gasteiger partial charge in [-0.15, -0.1) is 0 Å². The summed E-state index contributed by atoms with van der Waals surface area (Å²) in [6.45, 7) is 15.3. The fraction of sp³-hybridized carbons (Fsp3) is 1.00. The molecule has 2 N–H and O–H groups in total. The summed E-state index contributed by atoms with van der Waals surface area (Å²) in [5.74, 6) is 0.708. The molecule has 0 spiro atoms. The summed E-state index contributed by atoms with van der Waals surface area (Å²) in [5, 5.41) is 12.8. The number of hydrogen-bond donors (Lipinski definition) is 2. The first-order chi connectivity index (χ1) is 7.47. The third-order valence-electron chi connectivity index (χ3n) is 3.00. The summed E-state index contributed by atoms with van der Waals surface area (Å²) >= 11 is 0. The molecule has 0 saturated carbocycles. The van der Waals surface area contributed by atoms with Crippen molar-refractivity contribution in [2.45, 2.75) is 46.6 Å². The highest BCUT2D eigenvalue weighted by Gasteiger charge is 2.22. The van der Waals surface area contributed by atoms with Crippen molar-refractivity contribution in [3.63, 3.8) is 0 Å². The van der Waals surface area contributed by atoms with E-state index >= 15 is 0 Å². The molecule has 98 valence electrons. The van der Waals surface area contributed by atoms with Gasteiger partial charge in [0.15, 0.2) is 0 Å². The van der Waals surface area contributed by atoms with Crippen LogP contribution in [-0.4, -0.2) is 48.3 Å². The number of hydrogen-bond acceptors (Lipinski definition) is 3. The van der Waals surface area contributed by atoms with E-state index in [1.54, 1.807) is 0 Å².